The third-order valence-corrected chi connectivity index (χ3v) is 1.42. The minimum absolute atomic E-state index is 0. The average molecular weight is 216 g/mol. The van der Waals surface area contributed by atoms with Crippen molar-refractivity contribution in [3.8, 4) is 0 Å². The van der Waals surface area contributed by atoms with E-state index in [1.807, 2.05) is 57.8 Å². The van der Waals surface area contributed by atoms with E-state index in [2.05, 4.69) is 0 Å². The monoisotopic (exact) mass is 216 g/mol. The standard InChI is InChI=1S/C6H7O.C5H5.Fe/c1-7-6-4-2-3-5-6;1-2-4-5-3-1;/h2-5H,1H3;1-5H;. The first-order valence-corrected chi connectivity index (χ1v) is 3.86. The van der Waals surface area contributed by atoms with Crippen LogP contribution in [-0.4, -0.2) is 7.11 Å². The van der Waals surface area contributed by atoms with E-state index in [-0.39, 0.29) is 17.1 Å². The summed E-state index contributed by atoms with van der Waals surface area (Å²) in [5.74, 6) is 0. The van der Waals surface area contributed by atoms with Gasteiger partial charge in [-0.2, -0.15) is 0 Å². The van der Waals surface area contributed by atoms with Gasteiger partial charge in [-0.25, -0.2) is 0 Å². The van der Waals surface area contributed by atoms with Gasteiger partial charge in [-0.15, -0.1) is 0 Å². The van der Waals surface area contributed by atoms with Crippen LogP contribution in [-0.2, 0) is 21.8 Å². The Balaban J connectivity index is 0.000000215. The molecular formula is C11H12FeO. The van der Waals surface area contributed by atoms with Gasteiger partial charge in [-0.1, -0.05) is 0 Å². The molecule has 70 valence electrons. The van der Waals surface area contributed by atoms with Crippen LogP contribution in [0.2, 0.25) is 0 Å². The fourth-order valence-corrected chi connectivity index (χ4v) is 0.813. The maximum atomic E-state index is 4.85. The van der Waals surface area contributed by atoms with Gasteiger partial charge in [0, 0.05) is 37.0 Å². The number of hydrogen-bond donors (Lipinski definition) is 0. The fraction of sp³-hybridized carbons (Fsp3) is 0.0909. The summed E-state index contributed by atoms with van der Waals surface area (Å²) in [5.41, 5.74) is 0. The molecule has 0 unspecified atom stereocenters. The van der Waals surface area contributed by atoms with Crippen LogP contribution in [0.4, 0.5) is 0 Å². The molecule has 0 aromatic rings. The SMILES string of the molecule is CO[C]1[CH][CH][CH][CH]1.[CH]1[CH][CH][CH][CH]1.[Fe]. The molecule has 2 fully saturated rings. The molecule has 2 rings (SSSR count). The predicted octanol–water partition coefficient (Wildman–Crippen LogP) is 2.01. The molecular weight excluding hydrogens is 204 g/mol. The van der Waals surface area contributed by atoms with Crippen molar-refractivity contribution >= 4 is 0 Å². The van der Waals surface area contributed by atoms with E-state index in [1.165, 1.54) is 0 Å². The number of hydrogen-bond acceptors (Lipinski definition) is 1. The molecule has 0 heterocycles. The molecule has 1 nitrogen and oxygen atoms in total. The molecule has 0 saturated heterocycles. The number of rotatable bonds is 1. The zero-order valence-electron chi connectivity index (χ0n) is 7.46. The second-order valence-corrected chi connectivity index (χ2v) is 2.29. The smallest absolute Gasteiger partial charge is 0.104 e. The van der Waals surface area contributed by atoms with Gasteiger partial charge >= 0.3 is 0 Å². The van der Waals surface area contributed by atoms with Crippen molar-refractivity contribution in [1.29, 1.82) is 0 Å². The minimum Gasteiger partial charge on any atom is -0.375 e. The van der Waals surface area contributed by atoms with E-state index >= 15 is 0 Å². The molecule has 2 saturated carbocycles. The first kappa shape index (κ1) is 13.5. The van der Waals surface area contributed by atoms with Crippen molar-refractivity contribution in [3.05, 3.63) is 63.9 Å². The summed E-state index contributed by atoms with van der Waals surface area (Å²) in [6.45, 7) is 0. The van der Waals surface area contributed by atoms with Crippen LogP contribution in [0.1, 0.15) is 0 Å². The quantitative estimate of drug-likeness (QED) is 0.609. The molecule has 2 heteroatoms. The normalized spacial score (nSPS) is 21.9. The summed E-state index contributed by atoms with van der Waals surface area (Å²) in [5, 5.41) is 0. The van der Waals surface area contributed by atoms with Gasteiger partial charge in [-0.05, 0) is 44.9 Å². The summed E-state index contributed by atoms with van der Waals surface area (Å²) in [4.78, 5) is 0. The zero-order chi connectivity index (χ0) is 8.65. The van der Waals surface area contributed by atoms with Crippen LogP contribution >= 0.6 is 0 Å². The predicted molar refractivity (Wildman–Crippen MR) is 49.0 cm³/mol. The van der Waals surface area contributed by atoms with Crippen LogP contribution in [0.3, 0.4) is 0 Å². The molecule has 0 N–H and O–H groups in total. The Labute approximate surface area is 93.1 Å². The van der Waals surface area contributed by atoms with Crippen molar-refractivity contribution in [2.75, 3.05) is 7.11 Å². The largest absolute Gasteiger partial charge is 0.375 e. The minimum atomic E-state index is 0. The van der Waals surface area contributed by atoms with Gasteiger partial charge in [0.1, 0.15) is 6.10 Å². The van der Waals surface area contributed by atoms with Crippen molar-refractivity contribution < 1.29 is 21.8 Å². The molecule has 0 aromatic carbocycles. The van der Waals surface area contributed by atoms with Gasteiger partial charge in [0.15, 0.2) is 0 Å². The van der Waals surface area contributed by atoms with Crippen LogP contribution in [0.25, 0.3) is 0 Å². The van der Waals surface area contributed by atoms with Crippen LogP contribution < -0.4 is 0 Å². The van der Waals surface area contributed by atoms with Crippen molar-refractivity contribution in [1.82, 2.24) is 0 Å². The Morgan fingerprint density at radius 1 is 0.769 bits per heavy atom. The van der Waals surface area contributed by atoms with Crippen LogP contribution in [0, 0.1) is 63.9 Å². The van der Waals surface area contributed by atoms with Gasteiger partial charge in [0.2, 0.25) is 0 Å². The van der Waals surface area contributed by atoms with Gasteiger partial charge < -0.3 is 4.74 Å². The Kier molecular flexibility index (Phi) is 9.38. The molecule has 0 atom stereocenters. The van der Waals surface area contributed by atoms with Gasteiger partial charge in [0.25, 0.3) is 0 Å². The van der Waals surface area contributed by atoms with Crippen LogP contribution in [0.15, 0.2) is 0 Å². The molecule has 2 aliphatic rings. The van der Waals surface area contributed by atoms with Gasteiger partial charge in [-0.3, -0.25) is 0 Å². The van der Waals surface area contributed by atoms with E-state index in [1.54, 1.807) is 7.11 Å². The van der Waals surface area contributed by atoms with E-state index in [9.17, 15) is 0 Å². The third-order valence-electron chi connectivity index (χ3n) is 1.42. The Hall–Kier alpha value is 0.479. The maximum Gasteiger partial charge on any atom is 0.104 e. The average Bonchev–Trinajstić information content (AvgIpc) is 2.81. The number of methoxy groups -OCH3 is 1. The second-order valence-electron chi connectivity index (χ2n) is 2.29. The second kappa shape index (κ2) is 9.05. The van der Waals surface area contributed by atoms with Crippen molar-refractivity contribution in [2.45, 2.75) is 0 Å². The molecule has 0 aliphatic heterocycles. The molecule has 0 amide bonds. The Bertz CT molecular complexity index is 88.7. The first-order chi connectivity index (χ1) is 5.93. The first-order valence-electron chi connectivity index (χ1n) is 3.86. The summed E-state index contributed by atoms with van der Waals surface area (Å²) < 4.78 is 4.85. The van der Waals surface area contributed by atoms with Gasteiger partial charge in [0.05, 0.1) is 0 Å². The topological polar surface area (TPSA) is 9.23 Å². The fourth-order valence-electron chi connectivity index (χ4n) is 0.813. The Morgan fingerprint density at radius 3 is 1.38 bits per heavy atom. The summed E-state index contributed by atoms with van der Waals surface area (Å²) >= 11 is 0. The van der Waals surface area contributed by atoms with E-state index in [4.69, 9.17) is 4.74 Å². The van der Waals surface area contributed by atoms with E-state index in [0.717, 1.165) is 6.10 Å². The molecule has 2 aliphatic carbocycles. The molecule has 13 heavy (non-hydrogen) atoms. The van der Waals surface area contributed by atoms with Crippen molar-refractivity contribution in [3.63, 3.8) is 0 Å². The summed E-state index contributed by atoms with van der Waals surface area (Å²) in [7, 11) is 1.66. The molecule has 0 spiro atoms. The van der Waals surface area contributed by atoms with Crippen LogP contribution in [0.5, 0.6) is 0 Å². The van der Waals surface area contributed by atoms with E-state index in [0.29, 0.717) is 0 Å². The summed E-state index contributed by atoms with van der Waals surface area (Å²) in [6, 6.07) is 0. The zero-order valence-corrected chi connectivity index (χ0v) is 8.56. The molecule has 10 radical (unpaired) electrons. The maximum absolute atomic E-state index is 4.85. The third kappa shape index (κ3) is 6.54. The van der Waals surface area contributed by atoms with Crippen molar-refractivity contribution in [2.24, 2.45) is 0 Å². The van der Waals surface area contributed by atoms with E-state index < -0.39 is 0 Å². The molecule has 0 aromatic heterocycles. The number of ether oxygens (including phenoxy) is 1. The molecule has 0 bridgehead atoms. The summed E-state index contributed by atoms with van der Waals surface area (Å²) in [6.07, 6.45) is 18.7. The Morgan fingerprint density at radius 2 is 1.15 bits per heavy atom.